The van der Waals surface area contributed by atoms with Crippen LogP contribution in [0.4, 0.5) is 19.0 Å². The van der Waals surface area contributed by atoms with Gasteiger partial charge in [0.2, 0.25) is 0 Å². The van der Waals surface area contributed by atoms with E-state index in [0.29, 0.717) is 5.82 Å². The average Bonchev–Trinajstić information content (AvgIpc) is 2.80. The Balaban J connectivity index is 2.15. The number of pyridine rings is 1. The molecule has 0 amide bonds. The Hall–Kier alpha value is -1.59. The van der Waals surface area contributed by atoms with Gasteiger partial charge in [-0.3, -0.25) is 4.79 Å². The average molecular weight is 244 g/mol. The quantitative estimate of drug-likeness (QED) is 0.749. The van der Waals surface area contributed by atoms with E-state index in [4.69, 9.17) is 0 Å². The highest BCUT2D eigenvalue weighted by Crippen LogP contribution is 2.23. The molecule has 6 heteroatoms. The lowest BCUT2D eigenvalue weighted by atomic mass is 10.2. The molecule has 92 valence electrons. The molecular weight excluding hydrogens is 233 g/mol. The van der Waals surface area contributed by atoms with Crippen LogP contribution in [0, 0.1) is 0 Å². The number of Topliss-reactive ketones (excluding diaryl/α,β-unsaturated/α-hetero) is 1. The number of aromatic nitrogens is 1. The van der Waals surface area contributed by atoms with Gasteiger partial charge in [0.25, 0.3) is 5.78 Å². The van der Waals surface area contributed by atoms with Crippen LogP contribution in [0.3, 0.4) is 0 Å². The molecule has 0 bridgehead atoms. The van der Waals surface area contributed by atoms with E-state index in [0.717, 1.165) is 32.1 Å². The van der Waals surface area contributed by atoms with E-state index in [2.05, 4.69) is 4.98 Å². The fraction of sp³-hybridized carbons (Fsp3) is 0.455. The van der Waals surface area contributed by atoms with Crippen LogP contribution in [0.2, 0.25) is 0 Å². The molecule has 1 aromatic heterocycles. The largest absolute Gasteiger partial charge is 0.454 e. The minimum atomic E-state index is -4.84. The maximum Gasteiger partial charge on any atom is 0.454 e. The van der Waals surface area contributed by atoms with Gasteiger partial charge in [-0.2, -0.15) is 13.2 Å². The monoisotopic (exact) mass is 244 g/mol. The molecule has 0 aliphatic carbocycles. The van der Waals surface area contributed by atoms with Crippen LogP contribution < -0.4 is 4.90 Å². The predicted octanol–water partition coefficient (Wildman–Crippen LogP) is 2.43. The third kappa shape index (κ3) is 2.57. The van der Waals surface area contributed by atoms with Gasteiger partial charge in [0, 0.05) is 24.8 Å². The summed E-state index contributed by atoms with van der Waals surface area (Å²) in [6.07, 6.45) is -1.73. The molecule has 0 atom stereocenters. The summed E-state index contributed by atoms with van der Waals surface area (Å²) >= 11 is 0. The van der Waals surface area contributed by atoms with E-state index in [9.17, 15) is 18.0 Å². The number of ketones is 1. The molecule has 3 nitrogen and oxygen atoms in total. The second kappa shape index (κ2) is 4.35. The van der Waals surface area contributed by atoms with Crippen LogP contribution in [-0.2, 0) is 0 Å². The fourth-order valence-corrected chi connectivity index (χ4v) is 1.82. The molecule has 1 fully saturated rings. The van der Waals surface area contributed by atoms with Gasteiger partial charge < -0.3 is 4.90 Å². The number of hydrogen-bond donors (Lipinski definition) is 0. The molecule has 0 aromatic carbocycles. The Labute approximate surface area is 96.3 Å². The summed E-state index contributed by atoms with van der Waals surface area (Å²) in [5.41, 5.74) is -0.416. The first-order valence-electron chi connectivity index (χ1n) is 5.31. The van der Waals surface area contributed by atoms with E-state index in [1.54, 1.807) is 0 Å². The number of alkyl halides is 3. The number of hydrogen-bond acceptors (Lipinski definition) is 3. The van der Waals surface area contributed by atoms with Crippen molar-refractivity contribution in [2.45, 2.75) is 19.0 Å². The van der Waals surface area contributed by atoms with Gasteiger partial charge in [-0.1, -0.05) is 0 Å². The number of anilines is 1. The first kappa shape index (κ1) is 11.9. The van der Waals surface area contributed by atoms with Crippen molar-refractivity contribution >= 4 is 11.6 Å². The summed E-state index contributed by atoms with van der Waals surface area (Å²) in [4.78, 5) is 16.8. The van der Waals surface area contributed by atoms with Gasteiger partial charge in [-0.15, -0.1) is 0 Å². The normalized spacial score (nSPS) is 16.3. The maximum atomic E-state index is 12.1. The molecule has 1 aromatic rings. The number of carbonyl (C=O) groups is 1. The Morgan fingerprint density at radius 2 is 1.88 bits per heavy atom. The van der Waals surface area contributed by atoms with Gasteiger partial charge in [0.15, 0.2) is 0 Å². The van der Waals surface area contributed by atoms with Crippen LogP contribution >= 0.6 is 0 Å². The SMILES string of the molecule is O=C(c1ccc(N2CCCC2)nc1)C(F)(F)F. The summed E-state index contributed by atoms with van der Waals surface area (Å²) in [7, 11) is 0. The molecule has 0 spiro atoms. The van der Waals surface area contributed by atoms with Crippen LogP contribution in [0.1, 0.15) is 23.2 Å². The Kier molecular flexibility index (Phi) is 3.04. The highest BCUT2D eigenvalue weighted by atomic mass is 19.4. The van der Waals surface area contributed by atoms with Crippen molar-refractivity contribution in [3.63, 3.8) is 0 Å². The summed E-state index contributed by atoms with van der Waals surface area (Å²) < 4.78 is 36.4. The summed E-state index contributed by atoms with van der Waals surface area (Å²) in [6.45, 7) is 1.72. The summed E-state index contributed by atoms with van der Waals surface area (Å²) in [5.74, 6) is -1.22. The molecule has 0 N–H and O–H groups in total. The van der Waals surface area contributed by atoms with Crippen molar-refractivity contribution in [2.24, 2.45) is 0 Å². The molecule has 2 heterocycles. The molecular formula is C11H11F3N2O. The molecule has 2 rings (SSSR count). The third-order valence-corrected chi connectivity index (χ3v) is 2.70. The standard InChI is InChI=1S/C11H11F3N2O/c12-11(13,14)10(17)8-3-4-9(15-7-8)16-5-1-2-6-16/h3-4,7H,1-2,5-6H2. The molecule has 1 aliphatic rings. The van der Waals surface area contributed by atoms with E-state index in [1.807, 2.05) is 4.90 Å². The van der Waals surface area contributed by atoms with E-state index in [1.165, 1.54) is 12.1 Å². The van der Waals surface area contributed by atoms with Crippen LogP contribution in [0.25, 0.3) is 0 Å². The molecule has 1 aliphatic heterocycles. The van der Waals surface area contributed by atoms with Gasteiger partial charge in [-0.25, -0.2) is 4.98 Å². The number of halogens is 3. The smallest absolute Gasteiger partial charge is 0.357 e. The Morgan fingerprint density at radius 3 is 2.35 bits per heavy atom. The van der Waals surface area contributed by atoms with Gasteiger partial charge >= 0.3 is 6.18 Å². The Bertz CT molecular complexity index is 408. The minimum Gasteiger partial charge on any atom is -0.357 e. The lowest BCUT2D eigenvalue weighted by molar-refractivity contribution is -0.0885. The number of rotatable bonds is 2. The van der Waals surface area contributed by atoms with Crippen molar-refractivity contribution < 1.29 is 18.0 Å². The molecule has 17 heavy (non-hydrogen) atoms. The zero-order valence-corrected chi connectivity index (χ0v) is 9.00. The van der Waals surface area contributed by atoms with Crippen LogP contribution in [-0.4, -0.2) is 30.0 Å². The van der Waals surface area contributed by atoms with E-state index < -0.39 is 17.5 Å². The van der Waals surface area contributed by atoms with Crippen molar-refractivity contribution in [1.82, 2.24) is 4.98 Å². The molecule has 0 radical (unpaired) electrons. The van der Waals surface area contributed by atoms with Crippen molar-refractivity contribution in [3.8, 4) is 0 Å². The minimum absolute atomic E-state index is 0.416. The Morgan fingerprint density at radius 1 is 1.24 bits per heavy atom. The zero-order chi connectivity index (χ0) is 12.5. The fourth-order valence-electron chi connectivity index (χ4n) is 1.82. The topological polar surface area (TPSA) is 33.2 Å². The predicted molar refractivity (Wildman–Crippen MR) is 56.1 cm³/mol. The molecule has 0 unspecified atom stereocenters. The van der Waals surface area contributed by atoms with Crippen LogP contribution in [0.5, 0.6) is 0 Å². The second-order valence-electron chi connectivity index (χ2n) is 3.93. The second-order valence-corrected chi connectivity index (χ2v) is 3.93. The van der Waals surface area contributed by atoms with Gasteiger partial charge in [0.05, 0.1) is 0 Å². The van der Waals surface area contributed by atoms with Gasteiger partial charge in [0.1, 0.15) is 5.82 Å². The number of nitrogens with zero attached hydrogens (tertiary/aromatic N) is 2. The van der Waals surface area contributed by atoms with Crippen LogP contribution in [0.15, 0.2) is 18.3 Å². The lowest BCUT2D eigenvalue weighted by Crippen LogP contribution is -2.23. The van der Waals surface area contributed by atoms with E-state index >= 15 is 0 Å². The molecule has 0 saturated carbocycles. The summed E-state index contributed by atoms with van der Waals surface area (Å²) in [5, 5.41) is 0. The van der Waals surface area contributed by atoms with E-state index in [-0.39, 0.29) is 0 Å². The zero-order valence-electron chi connectivity index (χ0n) is 9.00. The first-order valence-corrected chi connectivity index (χ1v) is 5.31. The summed E-state index contributed by atoms with van der Waals surface area (Å²) in [6, 6.07) is 2.64. The molecule has 1 saturated heterocycles. The highest BCUT2D eigenvalue weighted by Gasteiger charge is 2.39. The maximum absolute atomic E-state index is 12.1. The van der Waals surface area contributed by atoms with Gasteiger partial charge in [-0.05, 0) is 25.0 Å². The lowest BCUT2D eigenvalue weighted by Gasteiger charge is -2.16. The van der Waals surface area contributed by atoms with Crippen molar-refractivity contribution in [3.05, 3.63) is 23.9 Å². The third-order valence-electron chi connectivity index (χ3n) is 2.70. The highest BCUT2D eigenvalue weighted by molar-refractivity contribution is 6.00. The first-order chi connectivity index (χ1) is 7.98. The van der Waals surface area contributed by atoms with Crippen molar-refractivity contribution in [1.29, 1.82) is 0 Å². The van der Waals surface area contributed by atoms with Crippen molar-refractivity contribution in [2.75, 3.05) is 18.0 Å². The number of carbonyl (C=O) groups excluding carboxylic acids is 1.